The second-order valence-electron chi connectivity index (χ2n) is 6.52. The number of aromatic nitrogens is 4. The summed E-state index contributed by atoms with van der Waals surface area (Å²) >= 11 is 1.68. The van der Waals surface area contributed by atoms with Crippen LogP contribution in [0, 0.1) is 0 Å². The average molecular weight is 477 g/mol. The van der Waals surface area contributed by atoms with Crippen LogP contribution in [0.2, 0.25) is 0 Å². The Labute approximate surface area is 170 Å². The van der Waals surface area contributed by atoms with E-state index >= 15 is 0 Å². The van der Waals surface area contributed by atoms with Crippen molar-refractivity contribution < 1.29 is 0 Å². The van der Waals surface area contributed by atoms with Crippen molar-refractivity contribution in [3.63, 3.8) is 0 Å². The molecule has 9 heteroatoms. The molecule has 0 bridgehead atoms. The van der Waals surface area contributed by atoms with Crippen LogP contribution in [0.5, 0.6) is 0 Å². The molecular weight excluding hydrogens is 449 g/mol. The number of nitrogens with one attached hydrogen (secondary N) is 2. The Morgan fingerprint density at radius 3 is 2.68 bits per heavy atom. The van der Waals surface area contributed by atoms with Gasteiger partial charge in [-0.25, -0.2) is 4.98 Å². The number of halogens is 1. The molecule has 0 atom stereocenters. The van der Waals surface area contributed by atoms with Gasteiger partial charge in [-0.15, -0.1) is 45.5 Å². The Hall–Kier alpha value is -1.23. The van der Waals surface area contributed by atoms with Crippen LogP contribution in [0.4, 0.5) is 0 Å². The first-order valence-corrected chi connectivity index (χ1v) is 9.08. The molecule has 0 aliphatic rings. The third-order valence-electron chi connectivity index (χ3n) is 3.61. The molecule has 2 aromatic heterocycles. The monoisotopic (exact) mass is 477 g/mol. The van der Waals surface area contributed by atoms with Crippen LogP contribution in [0.25, 0.3) is 0 Å². The van der Waals surface area contributed by atoms with Gasteiger partial charge in [0.25, 0.3) is 0 Å². The van der Waals surface area contributed by atoms with Crippen LogP contribution in [0.1, 0.15) is 44.2 Å². The number of aryl methyl sites for hydroxylation is 1. The topological polar surface area (TPSA) is 80.0 Å². The molecule has 2 N–H and O–H groups in total. The van der Waals surface area contributed by atoms with Gasteiger partial charge in [0.1, 0.15) is 17.2 Å². The molecule has 0 radical (unpaired) electrons. The summed E-state index contributed by atoms with van der Waals surface area (Å²) in [7, 11) is 1.77. The highest BCUT2D eigenvalue weighted by molar-refractivity contribution is 14.0. The maximum absolute atomic E-state index is 4.68. The number of aliphatic imine (C=N–C) groups is 1. The van der Waals surface area contributed by atoms with Gasteiger partial charge >= 0.3 is 0 Å². The number of nitrogens with zero attached hydrogens (tertiary/aromatic N) is 5. The summed E-state index contributed by atoms with van der Waals surface area (Å²) in [5, 5.41) is 17.8. The van der Waals surface area contributed by atoms with Crippen molar-refractivity contribution in [3.05, 3.63) is 28.2 Å². The number of rotatable bonds is 6. The van der Waals surface area contributed by atoms with E-state index in [1.807, 2.05) is 0 Å². The van der Waals surface area contributed by atoms with Crippen molar-refractivity contribution >= 4 is 41.3 Å². The summed E-state index contributed by atoms with van der Waals surface area (Å²) in [6, 6.07) is 0. The molecular formula is C16H28IN7S. The zero-order valence-corrected chi connectivity index (χ0v) is 18.7. The van der Waals surface area contributed by atoms with Crippen LogP contribution < -0.4 is 10.6 Å². The Kier molecular flexibility index (Phi) is 8.77. The van der Waals surface area contributed by atoms with Gasteiger partial charge in [-0.3, -0.25) is 4.99 Å². The number of guanidine groups is 1. The second kappa shape index (κ2) is 10.0. The summed E-state index contributed by atoms with van der Waals surface area (Å²) in [6.45, 7) is 10.8. The predicted octanol–water partition coefficient (Wildman–Crippen LogP) is 2.58. The van der Waals surface area contributed by atoms with Crippen molar-refractivity contribution in [2.75, 3.05) is 13.6 Å². The van der Waals surface area contributed by atoms with Gasteiger partial charge in [-0.05, 0) is 0 Å². The molecule has 0 unspecified atom stereocenters. The normalized spacial score (nSPS) is 12.0. The third kappa shape index (κ3) is 6.53. The first-order chi connectivity index (χ1) is 11.4. The largest absolute Gasteiger partial charge is 0.355 e. The molecule has 2 aromatic rings. The van der Waals surface area contributed by atoms with E-state index in [0.717, 1.165) is 42.0 Å². The maximum Gasteiger partial charge on any atom is 0.191 e. The zero-order valence-electron chi connectivity index (χ0n) is 15.5. The van der Waals surface area contributed by atoms with Crippen molar-refractivity contribution in [1.82, 2.24) is 30.4 Å². The van der Waals surface area contributed by atoms with Gasteiger partial charge in [-0.1, -0.05) is 27.7 Å². The lowest BCUT2D eigenvalue weighted by molar-refractivity contribution is 0.570. The van der Waals surface area contributed by atoms with Crippen LogP contribution in [0.15, 0.2) is 16.7 Å². The fourth-order valence-corrected chi connectivity index (χ4v) is 3.11. The third-order valence-corrected chi connectivity index (χ3v) is 4.46. The van der Waals surface area contributed by atoms with Crippen molar-refractivity contribution in [1.29, 1.82) is 0 Å². The Morgan fingerprint density at radius 1 is 1.32 bits per heavy atom. The van der Waals surface area contributed by atoms with E-state index in [1.54, 1.807) is 24.7 Å². The molecule has 0 amide bonds. The van der Waals surface area contributed by atoms with Gasteiger partial charge in [0.15, 0.2) is 5.96 Å². The summed E-state index contributed by atoms with van der Waals surface area (Å²) < 4.78 is 2.05. The minimum absolute atomic E-state index is 0. The Balaban J connectivity index is 0.00000312. The van der Waals surface area contributed by atoms with Crippen LogP contribution >= 0.6 is 35.3 Å². The smallest absolute Gasteiger partial charge is 0.191 e. The highest BCUT2D eigenvalue weighted by atomic mass is 127. The molecule has 2 heterocycles. The van der Waals surface area contributed by atoms with E-state index in [4.69, 9.17) is 0 Å². The summed E-state index contributed by atoms with van der Waals surface area (Å²) in [5.74, 6) is 1.77. The lowest BCUT2D eigenvalue weighted by atomic mass is 9.93. The van der Waals surface area contributed by atoms with Crippen molar-refractivity contribution in [2.45, 2.75) is 52.6 Å². The van der Waals surface area contributed by atoms with E-state index in [1.165, 1.54) is 0 Å². The Morgan fingerprint density at radius 2 is 2.08 bits per heavy atom. The minimum Gasteiger partial charge on any atom is -0.355 e. The van der Waals surface area contributed by atoms with Gasteiger partial charge in [0, 0.05) is 37.4 Å². The Bertz CT molecular complexity index is 672. The maximum atomic E-state index is 4.68. The molecule has 25 heavy (non-hydrogen) atoms. The fraction of sp³-hybridized carbons (Fsp3) is 0.625. The van der Waals surface area contributed by atoms with Crippen LogP contribution in [0.3, 0.4) is 0 Å². The zero-order chi connectivity index (χ0) is 17.6. The molecule has 0 spiro atoms. The van der Waals surface area contributed by atoms with E-state index in [-0.39, 0.29) is 29.4 Å². The molecule has 0 saturated carbocycles. The number of hydrogen-bond donors (Lipinski definition) is 2. The lowest BCUT2D eigenvalue weighted by Crippen LogP contribution is -2.38. The minimum atomic E-state index is 0. The fourth-order valence-electron chi connectivity index (χ4n) is 2.15. The molecule has 2 rings (SSSR count). The average Bonchev–Trinajstić information content (AvgIpc) is 3.19. The first kappa shape index (κ1) is 21.8. The molecule has 0 aromatic carbocycles. The standard InChI is InChI=1S/C16H27N7S.HI/c1-6-13-22-20-11-23(13)8-7-18-15(17-5)19-9-14-21-12(10-24-14)16(2,3)4;/h10-11H,6-9H2,1-5H3,(H2,17,18,19);1H. The molecule has 0 fully saturated rings. The van der Waals surface area contributed by atoms with Crippen LogP contribution in [-0.2, 0) is 24.9 Å². The SMILES string of the molecule is CCc1nncn1CCNC(=NC)NCc1nc(C(C)(C)C)cs1.I. The van der Waals surface area contributed by atoms with E-state index in [9.17, 15) is 0 Å². The predicted molar refractivity (Wildman–Crippen MR) is 114 cm³/mol. The van der Waals surface area contributed by atoms with Gasteiger partial charge in [0.2, 0.25) is 0 Å². The van der Waals surface area contributed by atoms with E-state index < -0.39 is 0 Å². The molecule has 140 valence electrons. The molecule has 0 saturated heterocycles. The van der Waals surface area contributed by atoms with Gasteiger partial charge in [0.05, 0.1) is 12.2 Å². The van der Waals surface area contributed by atoms with Gasteiger partial charge in [-0.2, -0.15) is 0 Å². The van der Waals surface area contributed by atoms with Gasteiger partial charge < -0.3 is 15.2 Å². The quantitative estimate of drug-likeness (QED) is 0.380. The molecule has 7 nitrogen and oxygen atoms in total. The van der Waals surface area contributed by atoms with Crippen LogP contribution in [-0.4, -0.2) is 39.3 Å². The van der Waals surface area contributed by atoms with E-state index in [2.05, 4.69) is 68.4 Å². The summed E-state index contributed by atoms with van der Waals surface area (Å²) in [5.41, 5.74) is 1.22. The molecule has 0 aliphatic carbocycles. The summed E-state index contributed by atoms with van der Waals surface area (Å²) in [6.07, 6.45) is 2.65. The first-order valence-electron chi connectivity index (χ1n) is 8.20. The lowest BCUT2D eigenvalue weighted by Gasteiger charge is -2.14. The number of hydrogen-bond acceptors (Lipinski definition) is 5. The number of thiazole rings is 1. The highest BCUT2D eigenvalue weighted by Crippen LogP contribution is 2.23. The van der Waals surface area contributed by atoms with Crippen molar-refractivity contribution in [3.8, 4) is 0 Å². The van der Waals surface area contributed by atoms with Crippen molar-refractivity contribution in [2.24, 2.45) is 4.99 Å². The summed E-state index contributed by atoms with van der Waals surface area (Å²) in [4.78, 5) is 8.93. The molecule has 0 aliphatic heterocycles. The second-order valence-corrected chi connectivity index (χ2v) is 7.47. The highest BCUT2D eigenvalue weighted by Gasteiger charge is 2.17. The van der Waals surface area contributed by atoms with E-state index in [0.29, 0.717) is 6.54 Å².